The van der Waals surface area contributed by atoms with E-state index in [4.69, 9.17) is 5.73 Å². The molecule has 0 aliphatic rings. The van der Waals surface area contributed by atoms with E-state index in [1.165, 1.54) is 11.3 Å². The van der Waals surface area contributed by atoms with Crippen molar-refractivity contribution in [3.8, 4) is 0 Å². The first-order valence-corrected chi connectivity index (χ1v) is 6.64. The number of carbonyl (C=O) groups excluding carboxylic acids is 2. The maximum atomic E-state index is 11.6. The Labute approximate surface area is 111 Å². The maximum Gasteiger partial charge on any atom is 0.261 e. The molecule has 1 rings (SSSR count). The van der Waals surface area contributed by atoms with Crippen LogP contribution in [0.4, 0.5) is 0 Å². The highest BCUT2D eigenvalue weighted by Crippen LogP contribution is 2.07. The number of nitrogens with one attached hydrogen (secondary N) is 2. The molecule has 0 atom stereocenters. The molecule has 1 heterocycles. The van der Waals surface area contributed by atoms with Gasteiger partial charge in [-0.25, -0.2) is 0 Å². The van der Waals surface area contributed by atoms with Gasteiger partial charge in [-0.3, -0.25) is 9.59 Å². The van der Waals surface area contributed by atoms with Gasteiger partial charge in [-0.05, 0) is 25.3 Å². The normalized spacial score (nSPS) is 11.1. The molecule has 4 N–H and O–H groups in total. The number of rotatable bonds is 6. The fraction of sp³-hybridized carbons (Fsp3) is 0.500. The predicted molar refractivity (Wildman–Crippen MR) is 72.5 cm³/mol. The van der Waals surface area contributed by atoms with Crippen molar-refractivity contribution in [2.24, 2.45) is 5.73 Å². The Morgan fingerprint density at radius 1 is 1.39 bits per heavy atom. The van der Waals surface area contributed by atoms with Gasteiger partial charge in [0.15, 0.2) is 0 Å². The first-order chi connectivity index (χ1) is 8.38. The summed E-state index contributed by atoms with van der Waals surface area (Å²) in [6.45, 7) is 4.43. The summed E-state index contributed by atoms with van der Waals surface area (Å²) < 4.78 is 0. The smallest absolute Gasteiger partial charge is 0.261 e. The average molecular weight is 269 g/mol. The quantitative estimate of drug-likeness (QED) is 0.711. The van der Waals surface area contributed by atoms with Crippen molar-refractivity contribution in [1.82, 2.24) is 10.6 Å². The first-order valence-electron chi connectivity index (χ1n) is 5.76. The molecule has 0 aliphatic heterocycles. The minimum atomic E-state index is -0.421. The topological polar surface area (TPSA) is 84.2 Å². The van der Waals surface area contributed by atoms with Crippen LogP contribution in [0.2, 0.25) is 0 Å². The van der Waals surface area contributed by atoms with Gasteiger partial charge in [-0.2, -0.15) is 0 Å². The molecule has 1 aromatic rings. The van der Waals surface area contributed by atoms with Crippen molar-refractivity contribution in [3.05, 3.63) is 22.4 Å². The molecule has 6 heteroatoms. The van der Waals surface area contributed by atoms with E-state index in [0.29, 0.717) is 18.0 Å². The van der Waals surface area contributed by atoms with Crippen LogP contribution in [0.1, 0.15) is 29.9 Å². The van der Waals surface area contributed by atoms with Crippen LogP contribution in [0.3, 0.4) is 0 Å². The van der Waals surface area contributed by atoms with Gasteiger partial charge in [-0.1, -0.05) is 6.07 Å². The fourth-order valence-corrected chi connectivity index (χ4v) is 1.84. The fourth-order valence-electron chi connectivity index (χ4n) is 1.20. The first kappa shape index (κ1) is 14.7. The van der Waals surface area contributed by atoms with Crippen LogP contribution in [0.25, 0.3) is 0 Å². The molecular weight excluding hydrogens is 250 g/mol. The standard InChI is InChI=1S/C12H19N3O2S/c1-12(2,13)8-15-10(16)5-6-14-11(17)9-4-3-7-18-9/h3-4,7H,5-6,8,13H2,1-2H3,(H,14,17)(H,15,16). The molecule has 5 nitrogen and oxygen atoms in total. The summed E-state index contributed by atoms with van der Waals surface area (Å²) in [6, 6.07) is 3.56. The lowest BCUT2D eigenvalue weighted by Crippen LogP contribution is -2.45. The largest absolute Gasteiger partial charge is 0.354 e. The Kier molecular flexibility index (Phi) is 5.30. The molecular formula is C12H19N3O2S. The molecule has 0 saturated heterocycles. The molecule has 0 bridgehead atoms. The van der Waals surface area contributed by atoms with Crippen LogP contribution in [-0.2, 0) is 4.79 Å². The molecule has 1 aromatic heterocycles. The second-order valence-corrected chi connectivity index (χ2v) is 5.70. The SMILES string of the molecule is CC(C)(N)CNC(=O)CCNC(=O)c1cccs1. The zero-order valence-electron chi connectivity index (χ0n) is 10.7. The third-order valence-electron chi connectivity index (χ3n) is 2.12. The van der Waals surface area contributed by atoms with Gasteiger partial charge in [-0.15, -0.1) is 11.3 Å². The van der Waals surface area contributed by atoms with E-state index >= 15 is 0 Å². The predicted octanol–water partition coefficient (Wildman–Crippen LogP) is 0.721. The number of amides is 2. The summed E-state index contributed by atoms with van der Waals surface area (Å²) in [5.41, 5.74) is 5.32. The number of hydrogen-bond acceptors (Lipinski definition) is 4. The van der Waals surface area contributed by atoms with Crippen molar-refractivity contribution in [2.75, 3.05) is 13.1 Å². The second kappa shape index (κ2) is 6.51. The lowest BCUT2D eigenvalue weighted by molar-refractivity contribution is -0.121. The van der Waals surface area contributed by atoms with Gasteiger partial charge in [0.1, 0.15) is 0 Å². The van der Waals surface area contributed by atoms with Crippen LogP contribution in [0.15, 0.2) is 17.5 Å². The molecule has 0 radical (unpaired) electrons. The zero-order chi connectivity index (χ0) is 13.6. The van der Waals surface area contributed by atoms with Crippen LogP contribution < -0.4 is 16.4 Å². The monoisotopic (exact) mass is 269 g/mol. The second-order valence-electron chi connectivity index (χ2n) is 4.75. The van der Waals surface area contributed by atoms with E-state index in [0.717, 1.165) is 0 Å². The van der Waals surface area contributed by atoms with E-state index in [1.807, 2.05) is 25.3 Å². The molecule has 100 valence electrons. The zero-order valence-corrected chi connectivity index (χ0v) is 11.5. The molecule has 18 heavy (non-hydrogen) atoms. The van der Waals surface area contributed by atoms with Crippen molar-refractivity contribution < 1.29 is 9.59 Å². The van der Waals surface area contributed by atoms with Gasteiger partial charge >= 0.3 is 0 Å². The van der Waals surface area contributed by atoms with E-state index in [-0.39, 0.29) is 18.2 Å². The average Bonchev–Trinajstić information content (AvgIpc) is 2.78. The summed E-state index contributed by atoms with van der Waals surface area (Å²) in [5.74, 6) is -0.253. The van der Waals surface area contributed by atoms with Crippen LogP contribution in [-0.4, -0.2) is 30.4 Å². The Balaban J connectivity index is 2.18. The minimum Gasteiger partial charge on any atom is -0.354 e. The van der Waals surface area contributed by atoms with Gasteiger partial charge in [0.05, 0.1) is 4.88 Å². The summed E-state index contributed by atoms with van der Waals surface area (Å²) in [5, 5.41) is 7.25. The van der Waals surface area contributed by atoms with Crippen molar-refractivity contribution in [3.63, 3.8) is 0 Å². The van der Waals surface area contributed by atoms with Gasteiger partial charge in [0.2, 0.25) is 5.91 Å². The highest BCUT2D eigenvalue weighted by atomic mass is 32.1. The van der Waals surface area contributed by atoms with Gasteiger partial charge in [0, 0.05) is 25.0 Å². The van der Waals surface area contributed by atoms with E-state index in [1.54, 1.807) is 6.07 Å². The number of carbonyl (C=O) groups is 2. The third kappa shape index (κ3) is 5.79. The van der Waals surface area contributed by atoms with Crippen LogP contribution >= 0.6 is 11.3 Å². The molecule has 0 aromatic carbocycles. The lowest BCUT2D eigenvalue weighted by Gasteiger charge is -2.18. The van der Waals surface area contributed by atoms with Crippen LogP contribution in [0, 0.1) is 0 Å². The third-order valence-corrected chi connectivity index (χ3v) is 2.99. The Hall–Kier alpha value is -1.40. The van der Waals surface area contributed by atoms with E-state index in [9.17, 15) is 9.59 Å². The molecule has 0 spiro atoms. The number of hydrogen-bond donors (Lipinski definition) is 3. The summed E-state index contributed by atoms with van der Waals surface area (Å²) in [4.78, 5) is 23.6. The molecule has 0 saturated carbocycles. The summed E-state index contributed by atoms with van der Waals surface area (Å²) in [7, 11) is 0. The highest BCUT2D eigenvalue weighted by Gasteiger charge is 2.12. The van der Waals surface area contributed by atoms with E-state index < -0.39 is 5.54 Å². The van der Waals surface area contributed by atoms with Gasteiger partial charge in [0.25, 0.3) is 5.91 Å². The van der Waals surface area contributed by atoms with Gasteiger partial charge < -0.3 is 16.4 Å². The Morgan fingerprint density at radius 2 is 2.11 bits per heavy atom. The minimum absolute atomic E-state index is 0.111. The van der Waals surface area contributed by atoms with Crippen molar-refractivity contribution in [1.29, 1.82) is 0 Å². The molecule has 0 aliphatic carbocycles. The van der Waals surface area contributed by atoms with Crippen LogP contribution in [0.5, 0.6) is 0 Å². The van der Waals surface area contributed by atoms with E-state index in [2.05, 4.69) is 10.6 Å². The molecule has 0 unspecified atom stereocenters. The number of thiophene rings is 1. The Bertz CT molecular complexity index is 396. The Morgan fingerprint density at radius 3 is 2.67 bits per heavy atom. The summed E-state index contributed by atoms with van der Waals surface area (Å²) in [6.07, 6.45) is 0.257. The molecule has 0 fully saturated rings. The summed E-state index contributed by atoms with van der Waals surface area (Å²) >= 11 is 1.37. The lowest BCUT2D eigenvalue weighted by atomic mass is 10.1. The highest BCUT2D eigenvalue weighted by molar-refractivity contribution is 7.12. The molecule has 2 amide bonds. The maximum absolute atomic E-state index is 11.6. The van der Waals surface area contributed by atoms with Crippen molar-refractivity contribution >= 4 is 23.2 Å². The van der Waals surface area contributed by atoms with Crippen molar-refractivity contribution in [2.45, 2.75) is 25.8 Å². The number of nitrogens with two attached hydrogens (primary N) is 1.